The molecule has 0 amide bonds. The summed E-state index contributed by atoms with van der Waals surface area (Å²) in [6.07, 6.45) is 0. The summed E-state index contributed by atoms with van der Waals surface area (Å²) in [6.45, 7) is 0. The maximum absolute atomic E-state index is 5.31. The van der Waals surface area contributed by atoms with Gasteiger partial charge in [0.15, 0.2) is 5.51 Å². The number of thiazole rings is 1. The van der Waals surface area contributed by atoms with Crippen molar-refractivity contribution >= 4 is 22.1 Å². The number of aromatic nitrogens is 1. The first kappa shape index (κ1) is 10.3. The Morgan fingerprint density at radius 2 is 1.94 bits per heavy atom. The molecule has 3 rings (SSSR count). The Bertz CT molecular complexity index is 655. The predicted octanol–water partition coefficient (Wildman–Crippen LogP) is 3.77. The summed E-state index contributed by atoms with van der Waals surface area (Å²) in [7, 11) is 1.66. The minimum absolute atomic E-state index is 0.807. The van der Waals surface area contributed by atoms with Crippen molar-refractivity contribution in [2.45, 2.75) is 0 Å². The molecule has 0 bridgehead atoms. The van der Waals surface area contributed by atoms with E-state index in [1.54, 1.807) is 7.11 Å². The molecule has 0 N–H and O–H groups in total. The van der Waals surface area contributed by atoms with Crippen LogP contribution < -0.4 is 4.74 Å². The third kappa shape index (κ3) is 1.68. The zero-order valence-electron chi connectivity index (χ0n) is 9.31. The average molecular weight is 240 g/mol. The fourth-order valence-electron chi connectivity index (χ4n) is 1.94. The number of ether oxygens (including phenoxy) is 1. The van der Waals surface area contributed by atoms with Gasteiger partial charge in [-0.2, -0.15) is 0 Å². The first-order valence-electron chi connectivity index (χ1n) is 5.29. The minimum atomic E-state index is 0.807. The molecular weight excluding hydrogens is 230 g/mol. The van der Waals surface area contributed by atoms with Crippen molar-refractivity contribution in [3.05, 3.63) is 48.0 Å². The van der Waals surface area contributed by atoms with E-state index in [-0.39, 0.29) is 0 Å². The van der Waals surface area contributed by atoms with Gasteiger partial charge in [-0.15, -0.1) is 0 Å². The molecule has 0 atom stereocenters. The lowest BCUT2D eigenvalue weighted by Gasteiger charge is -2.05. The lowest BCUT2D eigenvalue weighted by molar-refractivity contribution is 0.428. The van der Waals surface area contributed by atoms with E-state index in [2.05, 4.69) is 34.8 Å². The molecule has 17 heavy (non-hydrogen) atoms. The molecule has 0 unspecified atom stereocenters. The predicted molar refractivity (Wildman–Crippen MR) is 70.4 cm³/mol. The number of methoxy groups -OCH3 is 1. The molecule has 3 heteroatoms. The van der Waals surface area contributed by atoms with E-state index in [1.165, 1.54) is 22.1 Å². The van der Waals surface area contributed by atoms with Crippen LogP contribution in [0.25, 0.3) is 22.0 Å². The van der Waals surface area contributed by atoms with Crippen molar-refractivity contribution in [2.24, 2.45) is 0 Å². The van der Waals surface area contributed by atoms with Gasteiger partial charge in [0.1, 0.15) is 5.69 Å². The molecule has 83 valence electrons. The van der Waals surface area contributed by atoms with Gasteiger partial charge in [0.2, 0.25) is 5.06 Å². The normalized spacial score (nSPS) is 10.6. The molecule has 0 aliphatic carbocycles. The highest BCUT2D eigenvalue weighted by molar-refractivity contribution is 7.11. The van der Waals surface area contributed by atoms with Crippen molar-refractivity contribution in [3.63, 3.8) is 0 Å². The molecule has 0 fully saturated rings. The standard InChI is InChI=1S/C14H10NOS/c1-16-14-13(15-9-17-14)12-8-4-6-10-5-2-3-7-11(10)12/h2-8H,1H3. The van der Waals surface area contributed by atoms with Crippen molar-refractivity contribution < 1.29 is 4.74 Å². The number of fused-ring (bicyclic) bond motifs is 1. The Morgan fingerprint density at radius 3 is 2.82 bits per heavy atom. The summed E-state index contributed by atoms with van der Waals surface area (Å²) in [4.78, 5) is 4.28. The topological polar surface area (TPSA) is 22.1 Å². The van der Waals surface area contributed by atoms with Crippen molar-refractivity contribution in [3.8, 4) is 16.3 Å². The molecular formula is C14H10NOS. The van der Waals surface area contributed by atoms with Crippen LogP contribution in [0.5, 0.6) is 5.06 Å². The zero-order valence-corrected chi connectivity index (χ0v) is 10.1. The average Bonchev–Trinajstić information content (AvgIpc) is 2.86. The summed E-state index contributed by atoms with van der Waals surface area (Å²) < 4.78 is 5.31. The maximum atomic E-state index is 5.31. The van der Waals surface area contributed by atoms with Crippen molar-refractivity contribution in [2.75, 3.05) is 7.11 Å². The lowest BCUT2D eigenvalue weighted by Crippen LogP contribution is -1.85. The van der Waals surface area contributed by atoms with Crippen LogP contribution in [0.1, 0.15) is 0 Å². The van der Waals surface area contributed by atoms with Crippen LogP contribution >= 0.6 is 11.3 Å². The van der Waals surface area contributed by atoms with Gasteiger partial charge < -0.3 is 4.74 Å². The summed E-state index contributed by atoms with van der Waals surface area (Å²) in [5, 5.41) is 3.20. The summed E-state index contributed by atoms with van der Waals surface area (Å²) in [5.74, 6) is 0. The second kappa shape index (κ2) is 4.18. The maximum Gasteiger partial charge on any atom is 0.202 e. The molecule has 3 aromatic rings. The molecule has 0 aliphatic rings. The van der Waals surface area contributed by atoms with Crippen molar-refractivity contribution in [1.29, 1.82) is 0 Å². The number of hydrogen-bond acceptors (Lipinski definition) is 3. The molecule has 2 aromatic carbocycles. The Labute approximate surface area is 104 Å². The monoisotopic (exact) mass is 240 g/mol. The van der Waals surface area contributed by atoms with E-state index in [0.29, 0.717) is 0 Å². The molecule has 0 saturated carbocycles. The number of nitrogens with zero attached hydrogens (tertiary/aromatic N) is 1. The van der Waals surface area contributed by atoms with E-state index in [0.717, 1.165) is 16.3 Å². The van der Waals surface area contributed by atoms with Gasteiger partial charge in [-0.3, -0.25) is 0 Å². The van der Waals surface area contributed by atoms with Gasteiger partial charge >= 0.3 is 0 Å². The largest absolute Gasteiger partial charge is 0.486 e. The second-order valence-electron chi connectivity index (χ2n) is 3.67. The van der Waals surface area contributed by atoms with Crippen LogP contribution in [0.4, 0.5) is 0 Å². The third-order valence-corrected chi connectivity index (χ3v) is 3.45. The SMILES string of the molecule is COc1s[c]nc1-c1cccc2ccccc12. The number of rotatable bonds is 2. The first-order chi connectivity index (χ1) is 8.40. The summed E-state index contributed by atoms with van der Waals surface area (Å²) in [5.41, 5.74) is 4.84. The van der Waals surface area contributed by atoms with Gasteiger partial charge in [0.05, 0.1) is 7.11 Å². The number of hydrogen-bond donors (Lipinski definition) is 0. The Morgan fingerprint density at radius 1 is 1.12 bits per heavy atom. The van der Waals surface area contributed by atoms with E-state index in [9.17, 15) is 0 Å². The van der Waals surface area contributed by atoms with E-state index in [1.807, 2.05) is 18.2 Å². The van der Waals surface area contributed by atoms with Gasteiger partial charge in [0, 0.05) is 5.56 Å². The highest BCUT2D eigenvalue weighted by atomic mass is 32.1. The van der Waals surface area contributed by atoms with Crippen LogP contribution in [-0.2, 0) is 0 Å². The van der Waals surface area contributed by atoms with Crippen LogP contribution in [0.2, 0.25) is 0 Å². The van der Waals surface area contributed by atoms with Gasteiger partial charge in [0.25, 0.3) is 0 Å². The fourth-order valence-corrected chi connectivity index (χ4v) is 2.50. The second-order valence-corrected chi connectivity index (χ2v) is 4.43. The fraction of sp³-hybridized carbons (Fsp3) is 0.0714. The smallest absolute Gasteiger partial charge is 0.202 e. The Hall–Kier alpha value is -1.87. The van der Waals surface area contributed by atoms with E-state index in [4.69, 9.17) is 4.74 Å². The molecule has 1 heterocycles. The van der Waals surface area contributed by atoms with E-state index < -0.39 is 0 Å². The highest BCUT2D eigenvalue weighted by Crippen LogP contribution is 2.35. The summed E-state index contributed by atoms with van der Waals surface area (Å²) >= 11 is 1.39. The summed E-state index contributed by atoms with van der Waals surface area (Å²) in [6, 6.07) is 14.5. The molecule has 2 nitrogen and oxygen atoms in total. The minimum Gasteiger partial charge on any atom is -0.486 e. The molecule has 0 saturated heterocycles. The molecule has 0 aliphatic heterocycles. The van der Waals surface area contributed by atoms with Gasteiger partial charge in [-0.1, -0.05) is 53.8 Å². The van der Waals surface area contributed by atoms with Gasteiger partial charge in [-0.05, 0) is 10.8 Å². The third-order valence-electron chi connectivity index (χ3n) is 2.72. The molecule has 0 spiro atoms. The van der Waals surface area contributed by atoms with Crippen molar-refractivity contribution in [1.82, 2.24) is 4.98 Å². The quantitative estimate of drug-likeness (QED) is 0.680. The molecule has 1 radical (unpaired) electrons. The van der Waals surface area contributed by atoms with Crippen LogP contribution in [0.15, 0.2) is 42.5 Å². The Kier molecular flexibility index (Phi) is 2.53. The zero-order chi connectivity index (χ0) is 11.7. The lowest BCUT2D eigenvalue weighted by atomic mass is 10.0. The van der Waals surface area contributed by atoms with Gasteiger partial charge in [-0.25, -0.2) is 4.98 Å². The van der Waals surface area contributed by atoms with E-state index >= 15 is 0 Å². The highest BCUT2D eigenvalue weighted by Gasteiger charge is 2.11. The first-order valence-corrected chi connectivity index (χ1v) is 6.11. The molecule has 1 aromatic heterocycles. The number of benzene rings is 2. The Balaban J connectivity index is 2.31. The van der Waals surface area contributed by atoms with Crippen LogP contribution in [0, 0.1) is 5.51 Å². The van der Waals surface area contributed by atoms with Crippen LogP contribution in [0.3, 0.4) is 0 Å². The van der Waals surface area contributed by atoms with Crippen LogP contribution in [-0.4, -0.2) is 12.1 Å².